The van der Waals surface area contributed by atoms with E-state index in [1.165, 1.54) is 4.80 Å². The van der Waals surface area contributed by atoms with E-state index in [9.17, 15) is 9.90 Å². The Morgan fingerprint density at radius 2 is 1.61 bits per heavy atom. The van der Waals surface area contributed by atoms with Gasteiger partial charge in [-0.1, -0.05) is 24.3 Å². The molecule has 4 rings (SSSR count). The smallest absolute Gasteiger partial charge is 0.323 e. The standard InChI is InChI=1S/C21H19N5O2/c1-13-6-5-7-15(10-13)22-21(28)23-18-11-14(2)12-19(20(18)27)26-24-16-8-3-4-9-17(16)25-26/h3-12,27H,1-2H3,(H2,22,23,28). The van der Waals surface area contributed by atoms with Crippen LogP contribution >= 0.6 is 0 Å². The second kappa shape index (κ2) is 7.03. The molecule has 1 heterocycles. The van der Waals surface area contributed by atoms with Crippen LogP contribution in [0.3, 0.4) is 0 Å². The number of rotatable bonds is 3. The van der Waals surface area contributed by atoms with Crippen LogP contribution < -0.4 is 10.6 Å². The van der Waals surface area contributed by atoms with E-state index < -0.39 is 6.03 Å². The summed E-state index contributed by atoms with van der Waals surface area (Å²) in [5, 5.41) is 25.0. The second-order valence-corrected chi connectivity index (χ2v) is 6.61. The number of nitrogens with zero attached hydrogens (tertiary/aromatic N) is 3. The van der Waals surface area contributed by atoms with Crippen molar-refractivity contribution >= 4 is 28.4 Å². The van der Waals surface area contributed by atoms with Crippen molar-refractivity contribution in [2.75, 3.05) is 10.6 Å². The molecule has 7 heteroatoms. The molecule has 0 saturated heterocycles. The molecular weight excluding hydrogens is 354 g/mol. The van der Waals surface area contributed by atoms with Crippen LogP contribution in [0.15, 0.2) is 60.7 Å². The lowest BCUT2D eigenvalue weighted by Gasteiger charge is -2.13. The van der Waals surface area contributed by atoms with Crippen molar-refractivity contribution in [1.82, 2.24) is 15.0 Å². The average Bonchev–Trinajstić information content (AvgIpc) is 3.08. The van der Waals surface area contributed by atoms with Crippen molar-refractivity contribution in [3.05, 3.63) is 71.8 Å². The quantitative estimate of drug-likeness (QED) is 0.465. The number of aromatic nitrogens is 3. The lowest BCUT2D eigenvalue weighted by Crippen LogP contribution is -2.20. The predicted molar refractivity (Wildman–Crippen MR) is 109 cm³/mol. The normalized spacial score (nSPS) is 10.8. The summed E-state index contributed by atoms with van der Waals surface area (Å²) in [5.74, 6) is -0.106. The number of amides is 2. The number of hydrogen-bond acceptors (Lipinski definition) is 4. The molecule has 0 unspecified atom stereocenters. The molecule has 1 aromatic heterocycles. The maximum atomic E-state index is 12.4. The number of nitrogens with one attached hydrogen (secondary N) is 2. The summed E-state index contributed by atoms with van der Waals surface area (Å²) >= 11 is 0. The van der Waals surface area contributed by atoms with Gasteiger partial charge in [-0.3, -0.25) is 0 Å². The zero-order valence-corrected chi connectivity index (χ0v) is 15.5. The fraction of sp³-hybridized carbons (Fsp3) is 0.0952. The monoisotopic (exact) mass is 373 g/mol. The van der Waals surface area contributed by atoms with Gasteiger partial charge in [0.25, 0.3) is 0 Å². The first-order chi connectivity index (χ1) is 13.5. The van der Waals surface area contributed by atoms with E-state index in [0.717, 1.165) is 22.2 Å². The van der Waals surface area contributed by atoms with Crippen molar-refractivity contribution in [2.45, 2.75) is 13.8 Å². The summed E-state index contributed by atoms with van der Waals surface area (Å²) in [6.45, 7) is 3.82. The van der Waals surface area contributed by atoms with Crippen LogP contribution in [-0.4, -0.2) is 26.1 Å². The molecule has 0 fully saturated rings. The van der Waals surface area contributed by atoms with Gasteiger partial charge in [-0.25, -0.2) is 4.79 Å². The number of carbonyl (C=O) groups excluding carboxylic acids is 1. The summed E-state index contributed by atoms with van der Waals surface area (Å²) < 4.78 is 0. The maximum Gasteiger partial charge on any atom is 0.323 e. The first kappa shape index (κ1) is 17.5. The molecule has 4 aromatic rings. The Hall–Kier alpha value is -3.87. The predicted octanol–water partition coefficient (Wildman–Crippen LogP) is 4.39. The molecule has 7 nitrogen and oxygen atoms in total. The summed E-state index contributed by atoms with van der Waals surface area (Å²) in [6, 6.07) is 17.9. The van der Waals surface area contributed by atoms with Crippen LogP contribution in [0.5, 0.6) is 5.75 Å². The van der Waals surface area contributed by atoms with Gasteiger partial charge >= 0.3 is 6.03 Å². The Kier molecular flexibility index (Phi) is 4.41. The topological polar surface area (TPSA) is 92.1 Å². The third-order valence-electron chi connectivity index (χ3n) is 4.26. The first-order valence-electron chi connectivity index (χ1n) is 8.80. The van der Waals surface area contributed by atoms with Gasteiger partial charge in [-0.15, -0.1) is 15.0 Å². The Labute approximate surface area is 161 Å². The van der Waals surface area contributed by atoms with Gasteiger partial charge in [0.05, 0.1) is 5.69 Å². The van der Waals surface area contributed by atoms with Gasteiger partial charge in [0.15, 0.2) is 5.75 Å². The molecule has 0 saturated carbocycles. The molecule has 140 valence electrons. The van der Waals surface area contributed by atoms with Crippen molar-refractivity contribution in [2.24, 2.45) is 0 Å². The zero-order chi connectivity index (χ0) is 19.7. The molecule has 3 N–H and O–H groups in total. The number of anilines is 2. The minimum atomic E-state index is -0.448. The highest BCUT2D eigenvalue weighted by atomic mass is 16.3. The minimum Gasteiger partial charge on any atom is -0.504 e. The fourth-order valence-electron chi connectivity index (χ4n) is 2.98. The lowest BCUT2D eigenvalue weighted by atomic mass is 10.1. The lowest BCUT2D eigenvalue weighted by molar-refractivity contribution is 0.262. The van der Waals surface area contributed by atoms with Crippen molar-refractivity contribution in [1.29, 1.82) is 0 Å². The van der Waals surface area contributed by atoms with E-state index >= 15 is 0 Å². The van der Waals surface area contributed by atoms with Crippen molar-refractivity contribution in [3.8, 4) is 11.4 Å². The number of urea groups is 1. The molecular formula is C21H19N5O2. The first-order valence-corrected chi connectivity index (χ1v) is 8.80. The third-order valence-corrected chi connectivity index (χ3v) is 4.26. The van der Waals surface area contributed by atoms with Gasteiger partial charge < -0.3 is 15.7 Å². The molecule has 3 aromatic carbocycles. The number of phenols is 1. The highest BCUT2D eigenvalue weighted by molar-refractivity contribution is 6.01. The number of aryl methyl sites for hydroxylation is 2. The molecule has 2 amide bonds. The molecule has 0 spiro atoms. The Balaban J connectivity index is 1.64. The number of carbonyl (C=O) groups is 1. The number of phenolic OH excluding ortho intramolecular Hbond substituents is 1. The summed E-state index contributed by atoms with van der Waals surface area (Å²) in [7, 11) is 0. The Bertz CT molecular complexity index is 1150. The zero-order valence-electron chi connectivity index (χ0n) is 15.5. The summed E-state index contributed by atoms with van der Waals surface area (Å²) in [6.07, 6.45) is 0. The van der Waals surface area contributed by atoms with Gasteiger partial charge in [-0.2, -0.15) is 0 Å². The molecule has 0 radical (unpaired) electrons. The Morgan fingerprint density at radius 3 is 2.29 bits per heavy atom. The number of aromatic hydroxyl groups is 1. The molecule has 0 aliphatic heterocycles. The van der Waals surface area contributed by atoms with Gasteiger partial charge in [0.1, 0.15) is 16.7 Å². The third kappa shape index (κ3) is 3.50. The SMILES string of the molecule is Cc1cccc(NC(=O)Nc2cc(C)cc(-n3nc4ccccc4n3)c2O)c1. The van der Waals surface area contributed by atoms with Gasteiger partial charge in [0.2, 0.25) is 0 Å². The van der Waals surface area contributed by atoms with Crippen LogP contribution in [-0.2, 0) is 0 Å². The Morgan fingerprint density at radius 1 is 0.893 bits per heavy atom. The minimum absolute atomic E-state index is 0.106. The van der Waals surface area contributed by atoms with Gasteiger partial charge in [-0.05, 0) is 61.4 Å². The van der Waals surface area contributed by atoms with E-state index in [4.69, 9.17) is 0 Å². The number of hydrogen-bond donors (Lipinski definition) is 3. The highest BCUT2D eigenvalue weighted by Gasteiger charge is 2.15. The second-order valence-electron chi connectivity index (χ2n) is 6.61. The fourth-order valence-corrected chi connectivity index (χ4v) is 2.98. The largest absolute Gasteiger partial charge is 0.504 e. The van der Waals surface area contributed by atoms with Crippen LogP contribution in [0.1, 0.15) is 11.1 Å². The number of benzene rings is 3. The van der Waals surface area contributed by atoms with E-state index in [0.29, 0.717) is 11.4 Å². The van der Waals surface area contributed by atoms with E-state index in [-0.39, 0.29) is 11.4 Å². The molecule has 0 aliphatic rings. The van der Waals surface area contributed by atoms with Crippen LogP contribution in [0.4, 0.5) is 16.2 Å². The molecule has 0 bridgehead atoms. The highest BCUT2D eigenvalue weighted by Crippen LogP contribution is 2.32. The van der Waals surface area contributed by atoms with Crippen LogP contribution in [0.2, 0.25) is 0 Å². The van der Waals surface area contributed by atoms with E-state index in [2.05, 4.69) is 20.8 Å². The van der Waals surface area contributed by atoms with Crippen molar-refractivity contribution in [3.63, 3.8) is 0 Å². The summed E-state index contributed by atoms with van der Waals surface area (Å²) in [5.41, 5.74) is 4.66. The average molecular weight is 373 g/mol. The van der Waals surface area contributed by atoms with Crippen LogP contribution in [0.25, 0.3) is 16.7 Å². The van der Waals surface area contributed by atoms with Crippen molar-refractivity contribution < 1.29 is 9.90 Å². The molecule has 0 atom stereocenters. The van der Waals surface area contributed by atoms with E-state index in [1.54, 1.807) is 18.2 Å². The number of fused-ring (bicyclic) bond motifs is 1. The van der Waals surface area contributed by atoms with E-state index in [1.807, 2.05) is 56.3 Å². The molecule has 28 heavy (non-hydrogen) atoms. The maximum absolute atomic E-state index is 12.4. The van der Waals surface area contributed by atoms with Crippen LogP contribution in [0, 0.1) is 13.8 Å². The molecule has 0 aliphatic carbocycles. The summed E-state index contributed by atoms with van der Waals surface area (Å²) in [4.78, 5) is 13.7. The van der Waals surface area contributed by atoms with Gasteiger partial charge in [0, 0.05) is 5.69 Å².